The normalized spacial score (nSPS) is 29.3. The van der Waals surface area contributed by atoms with Crippen LogP contribution < -0.4 is 11.3 Å². The van der Waals surface area contributed by atoms with Gasteiger partial charge in [-0.05, 0) is 6.92 Å². The van der Waals surface area contributed by atoms with Crippen LogP contribution in [0.3, 0.4) is 0 Å². The largest absolute Gasteiger partial charge is 0.394 e. The smallest absolute Gasteiger partial charge is 0.280 e. The van der Waals surface area contributed by atoms with Gasteiger partial charge in [-0.2, -0.15) is 4.98 Å². The predicted octanol–water partition coefficient (Wildman–Crippen LogP) is -2.63. The van der Waals surface area contributed by atoms with Crippen molar-refractivity contribution in [3.8, 4) is 0 Å². The Labute approximate surface area is 129 Å². The van der Waals surface area contributed by atoms with Crippen molar-refractivity contribution in [2.24, 2.45) is 0 Å². The Morgan fingerprint density at radius 2 is 2.09 bits per heavy atom. The second-order valence-corrected chi connectivity index (χ2v) is 5.37. The minimum atomic E-state index is -1.41. The molecule has 1 aliphatic rings. The van der Waals surface area contributed by atoms with E-state index in [1.54, 1.807) is 0 Å². The lowest BCUT2D eigenvalue weighted by Crippen LogP contribution is -2.33. The van der Waals surface area contributed by atoms with Crippen LogP contribution in [0.2, 0.25) is 0 Å². The molecule has 0 amide bonds. The zero-order chi connectivity index (χ0) is 16.9. The average Bonchev–Trinajstić information content (AvgIpc) is 2.99. The lowest BCUT2D eigenvalue weighted by Gasteiger charge is -2.20. The standard InChI is InChI=1S/C12H17N5O6/c1-3(19)8-14-5-9(15-12(13)16-10(5)22)17(8)11-7(21)6(20)4(2-18)23-11/h3-4,6-7,11,18-21H,2H2,1H3,(H3,13,15,16,22)/t3?,4-,6-,7-,11-/m1/s1. The third-order valence-electron chi connectivity index (χ3n) is 3.74. The van der Waals surface area contributed by atoms with E-state index < -0.39 is 42.8 Å². The molecule has 1 aliphatic heterocycles. The number of imidazole rings is 1. The van der Waals surface area contributed by atoms with E-state index in [2.05, 4.69) is 15.0 Å². The molecule has 0 bridgehead atoms. The van der Waals surface area contributed by atoms with Crippen LogP contribution in [0.25, 0.3) is 11.2 Å². The molecule has 0 spiro atoms. The molecular weight excluding hydrogens is 310 g/mol. The van der Waals surface area contributed by atoms with Crippen LogP contribution in [-0.4, -0.2) is 64.9 Å². The number of aromatic nitrogens is 4. The maximum Gasteiger partial charge on any atom is 0.280 e. The van der Waals surface area contributed by atoms with E-state index in [0.717, 1.165) is 0 Å². The zero-order valence-electron chi connectivity index (χ0n) is 12.1. The van der Waals surface area contributed by atoms with Crippen LogP contribution in [0.1, 0.15) is 25.1 Å². The maximum atomic E-state index is 11.9. The molecule has 11 heteroatoms. The number of nitrogens with one attached hydrogen (secondary N) is 1. The Balaban J connectivity index is 2.23. The first-order valence-corrected chi connectivity index (χ1v) is 6.93. The third-order valence-corrected chi connectivity index (χ3v) is 3.74. The lowest BCUT2D eigenvalue weighted by molar-refractivity contribution is -0.0543. The molecule has 0 saturated carbocycles. The van der Waals surface area contributed by atoms with Crippen molar-refractivity contribution in [3.63, 3.8) is 0 Å². The summed E-state index contributed by atoms with van der Waals surface area (Å²) in [6.07, 6.45) is -6.07. The Morgan fingerprint density at radius 3 is 2.65 bits per heavy atom. The van der Waals surface area contributed by atoms with Gasteiger partial charge in [-0.1, -0.05) is 0 Å². The van der Waals surface area contributed by atoms with E-state index >= 15 is 0 Å². The molecule has 23 heavy (non-hydrogen) atoms. The van der Waals surface area contributed by atoms with Gasteiger partial charge in [0, 0.05) is 0 Å². The molecule has 3 rings (SSSR count). The van der Waals surface area contributed by atoms with Gasteiger partial charge in [0.05, 0.1) is 6.61 Å². The van der Waals surface area contributed by atoms with Crippen molar-refractivity contribution in [3.05, 3.63) is 16.2 Å². The molecule has 0 aromatic carbocycles. The van der Waals surface area contributed by atoms with Crippen molar-refractivity contribution < 1.29 is 25.2 Å². The Hall–Kier alpha value is -2.05. The van der Waals surface area contributed by atoms with E-state index in [0.29, 0.717) is 0 Å². The van der Waals surface area contributed by atoms with Gasteiger partial charge >= 0.3 is 0 Å². The third kappa shape index (κ3) is 2.38. The fourth-order valence-corrected chi connectivity index (χ4v) is 2.66. The molecule has 2 aromatic rings. The van der Waals surface area contributed by atoms with Crippen LogP contribution in [-0.2, 0) is 4.74 Å². The highest BCUT2D eigenvalue weighted by molar-refractivity contribution is 5.71. The number of aromatic amines is 1. The van der Waals surface area contributed by atoms with Gasteiger partial charge in [-0.25, -0.2) is 4.98 Å². The van der Waals surface area contributed by atoms with Gasteiger partial charge < -0.3 is 30.9 Å². The summed E-state index contributed by atoms with van der Waals surface area (Å²) in [5.74, 6) is -0.161. The molecule has 1 fully saturated rings. The first kappa shape index (κ1) is 15.8. The maximum absolute atomic E-state index is 11.9. The number of rotatable bonds is 3. The number of hydrogen-bond acceptors (Lipinski definition) is 9. The number of nitrogen functional groups attached to an aromatic ring is 1. The number of aliphatic hydroxyl groups is 4. The van der Waals surface area contributed by atoms with E-state index in [-0.39, 0.29) is 22.9 Å². The summed E-state index contributed by atoms with van der Waals surface area (Å²) in [5.41, 5.74) is 4.83. The topological polar surface area (TPSA) is 180 Å². The van der Waals surface area contributed by atoms with Gasteiger partial charge in [0.25, 0.3) is 5.56 Å². The lowest BCUT2D eigenvalue weighted by atomic mass is 10.1. The van der Waals surface area contributed by atoms with E-state index in [1.165, 1.54) is 11.5 Å². The molecule has 7 N–H and O–H groups in total. The van der Waals surface area contributed by atoms with Crippen molar-refractivity contribution >= 4 is 17.1 Å². The van der Waals surface area contributed by atoms with Crippen molar-refractivity contribution in [1.82, 2.24) is 19.5 Å². The number of ether oxygens (including phenoxy) is 1. The minimum absolute atomic E-state index is 0.00279. The fourth-order valence-electron chi connectivity index (χ4n) is 2.66. The summed E-state index contributed by atoms with van der Waals surface area (Å²) in [7, 11) is 0. The Kier molecular flexibility index (Phi) is 3.82. The van der Waals surface area contributed by atoms with E-state index in [1.807, 2.05) is 0 Å². The summed E-state index contributed by atoms with van der Waals surface area (Å²) in [4.78, 5) is 22.2. The SMILES string of the molecule is CC(O)c1nc2c(=O)[nH]c(N)nc2n1[C@@H]1O[C@H](CO)[C@@H](O)[C@H]1O. The number of anilines is 1. The van der Waals surface area contributed by atoms with E-state index in [9.17, 15) is 25.2 Å². The molecule has 0 radical (unpaired) electrons. The number of fused-ring (bicyclic) bond motifs is 1. The number of aliphatic hydroxyl groups excluding tert-OH is 4. The molecular formula is C12H17N5O6. The molecule has 126 valence electrons. The number of hydrogen-bond donors (Lipinski definition) is 6. The van der Waals surface area contributed by atoms with Crippen LogP contribution in [0.15, 0.2) is 4.79 Å². The van der Waals surface area contributed by atoms with Crippen LogP contribution >= 0.6 is 0 Å². The minimum Gasteiger partial charge on any atom is -0.394 e. The van der Waals surface area contributed by atoms with Gasteiger partial charge in [0.15, 0.2) is 17.4 Å². The zero-order valence-corrected chi connectivity index (χ0v) is 12.1. The summed E-state index contributed by atoms with van der Waals surface area (Å²) in [6, 6.07) is 0. The van der Waals surface area contributed by atoms with Gasteiger partial charge in [-0.15, -0.1) is 0 Å². The van der Waals surface area contributed by atoms with Gasteiger partial charge in [0.2, 0.25) is 5.95 Å². The number of nitrogens with two attached hydrogens (primary N) is 1. The molecule has 3 heterocycles. The summed E-state index contributed by atoms with van der Waals surface area (Å²) < 4.78 is 6.63. The van der Waals surface area contributed by atoms with E-state index in [4.69, 9.17) is 10.5 Å². The van der Waals surface area contributed by atoms with Crippen molar-refractivity contribution in [2.75, 3.05) is 12.3 Å². The van der Waals surface area contributed by atoms with Crippen LogP contribution in [0, 0.1) is 0 Å². The van der Waals surface area contributed by atoms with Crippen LogP contribution in [0.4, 0.5) is 5.95 Å². The monoisotopic (exact) mass is 327 g/mol. The Morgan fingerprint density at radius 1 is 1.39 bits per heavy atom. The number of nitrogens with zero attached hydrogens (tertiary/aromatic N) is 3. The molecule has 0 aliphatic carbocycles. The first-order chi connectivity index (χ1) is 10.8. The molecule has 5 atom stereocenters. The fraction of sp³-hybridized carbons (Fsp3) is 0.583. The summed E-state index contributed by atoms with van der Waals surface area (Å²) in [6.45, 7) is 0.901. The first-order valence-electron chi connectivity index (χ1n) is 6.93. The van der Waals surface area contributed by atoms with Gasteiger partial charge in [0.1, 0.15) is 30.2 Å². The second-order valence-electron chi connectivity index (χ2n) is 5.37. The predicted molar refractivity (Wildman–Crippen MR) is 76.2 cm³/mol. The molecule has 1 unspecified atom stereocenters. The van der Waals surface area contributed by atoms with Crippen molar-refractivity contribution in [2.45, 2.75) is 37.6 Å². The highest BCUT2D eigenvalue weighted by Gasteiger charge is 2.45. The highest BCUT2D eigenvalue weighted by atomic mass is 16.6. The van der Waals surface area contributed by atoms with Crippen molar-refractivity contribution in [1.29, 1.82) is 0 Å². The highest BCUT2D eigenvalue weighted by Crippen LogP contribution is 2.33. The summed E-state index contributed by atoms with van der Waals surface area (Å²) in [5, 5.41) is 39.2. The average molecular weight is 327 g/mol. The van der Waals surface area contributed by atoms with Gasteiger partial charge in [-0.3, -0.25) is 14.3 Å². The number of H-pyrrole nitrogens is 1. The Bertz CT molecular complexity index is 786. The molecule has 1 saturated heterocycles. The second kappa shape index (κ2) is 5.54. The quantitative estimate of drug-likeness (QED) is 0.351. The van der Waals surface area contributed by atoms with Crippen LogP contribution in [0.5, 0.6) is 0 Å². The molecule has 11 nitrogen and oxygen atoms in total. The molecule has 2 aromatic heterocycles. The summed E-state index contributed by atoms with van der Waals surface area (Å²) >= 11 is 0.